The summed E-state index contributed by atoms with van der Waals surface area (Å²) in [6.07, 6.45) is 7.02. The highest BCUT2D eigenvalue weighted by molar-refractivity contribution is 5.70. The molecular formula is C18H33NO5. The smallest absolute Gasteiger partial charge is 0.410 e. The topological polar surface area (TPSA) is 76.1 Å². The first-order valence-corrected chi connectivity index (χ1v) is 9.35. The molecule has 24 heavy (non-hydrogen) atoms. The molecule has 0 aliphatic carbocycles. The third-order valence-corrected chi connectivity index (χ3v) is 4.37. The van der Waals surface area contributed by atoms with Gasteiger partial charge in [0, 0.05) is 13.0 Å². The van der Waals surface area contributed by atoms with Crippen molar-refractivity contribution in [2.45, 2.75) is 83.8 Å². The van der Waals surface area contributed by atoms with Gasteiger partial charge < -0.3 is 19.5 Å². The molecule has 0 saturated carbocycles. The van der Waals surface area contributed by atoms with Crippen LogP contribution in [0.3, 0.4) is 0 Å². The summed E-state index contributed by atoms with van der Waals surface area (Å²) < 4.78 is 10.1. The van der Waals surface area contributed by atoms with Gasteiger partial charge in [-0.1, -0.05) is 32.6 Å². The van der Waals surface area contributed by atoms with Crippen LogP contribution >= 0.6 is 0 Å². The molecule has 1 heterocycles. The molecule has 0 spiro atoms. The number of nitrogens with zero attached hydrogens (tertiary/aromatic N) is 1. The molecule has 1 amide bonds. The van der Waals surface area contributed by atoms with E-state index in [0.717, 1.165) is 44.9 Å². The van der Waals surface area contributed by atoms with Gasteiger partial charge in [0.1, 0.15) is 6.61 Å². The van der Waals surface area contributed by atoms with Gasteiger partial charge in [0.25, 0.3) is 0 Å². The van der Waals surface area contributed by atoms with E-state index in [1.54, 1.807) is 4.90 Å². The maximum absolute atomic E-state index is 11.8. The second kappa shape index (κ2) is 12.1. The van der Waals surface area contributed by atoms with Crippen LogP contribution in [-0.2, 0) is 14.3 Å². The lowest BCUT2D eigenvalue weighted by atomic mass is 10.1. The predicted octanol–water partition coefficient (Wildman–Crippen LogP) is 3.26. The van der Waals surface area contributed by atoms with Gasteiger partial charge in [-0.3, -0.25) is 4.79 Å². The third kappa shape index (κ3) is 7.99. The van der Waals surface area contributed by atoms with Crippen LogP contribution in [0.15, 0.2) is 0 Å². The Bertz CT molecular complexity index is 374. The number of esters is 1. The molecule has 6 nitrogen and oxygen atoms in total. The van der Waals surface area contributed by atoms with Crippen LogP contribution in [0.4, 0.5) is 4.79 Å². The lowest BCUT2D eigenvalue weighted by Gasteiger charge is -2.22. The summed E-state index contributed by atoms with van der Waals surface area (Å²) >= 11 is 0. The summed E-state index contributed by atoms with van der Waals surface area (Å²) in [5.41, 5.74) is 0. The number of cyclic esters (lactones) is 1. The number of hydrogen-bond acceptors (Lipinski definition) is 5. The number of hydrogen-bond donors (Lipinski definition) is 1. The highest BCUT2D eigenvalue weighted by Crippen LogP contribution is 2.20. The monoisotopic (exact) mass is 343 g/mol. The average Bonchev–Trinajstić information content (AvgIpc) is 2.89. The molecule has 1 aliphatic rings. The first kappa shape index (κ1) is 20.7. The van der Waals surface area contributed by atoms with Gasteiger partial charge in [0.15, 0.2) is 0 Å². The van der Waals surface area contributed by atoms with Crippen molar-refractivity contribution in [1.29, 1.82) is 0 Å². The minimum Gasteiger partial charge on any atom is -0.466 e. The van der Waals surface area contributed by atoms with Crippen molar-refractivity contribution in [2.24, 2.45) is 0 Å². The number of unbranched alkanes of at least 4 members (excludes halogenated alkanes) is 3. The van der Waals surface area contributed by atoms with Crippen molar-refractivity contribution >= 4 is 12.1 Å². The molecule has 140 valence electrons. The van der Waals surface area contributed by atoms with Gasteiger partial charge in [-0.2, -0.15) is 0 Å². The van der Waals surface area contributed by atoms with Crippen molar-refractivity contribution in [3.05, 3.63) is 0 Å². The highest BCUT2D eigenvalue weighted by Gasteiger charge is 2.32. The fourth-order valence-corrected chi connectivity index (χ4v) is 3.00. The Balaban J connectivity index is 2.16. The molecule has 1 N–H and O–H groups in total. The van der Waals surface area contributed by atoms with Crippen LogP contribution in [0.1, 0.15) is 71.6 Å². The molecule has 1 fully saturated rings. The quantitative estimate of drug-likeness (QED) is 0.410. The molecule has 6 heteroatoms. The summed E-state index contributed by atoms with van der Waals surface area (Å²) in [4.78, 5) is 24.8. The fraction of sp³-hybridized carbons (Fsp3) is 0.889. The maximum atomic E-state index is 11.8. The zero-order valence-corrected chi connectivity index (χ0v) is 15.2. The van der Waals surface area contributed by atoms with Gasteiger partial charge in [0.05, 0.1) is 18.8 Å². The van der Waals surface area contributed by atoms with Gasteiger partial charge in [-0.25, -0.2) is 4.79 Å². The lowest BCUT2D eigenvalue weighted by molar-refractivity contribution is -0.143. The Kier molecular flexibility index (Phi) is 10.5. The van der Waals surface area contributed by atoms with Crippen molar-refractivity contribution in [3.8, 4) is 0 Å². The van der Waals surface area contributed by atoms with E-state index in [1.807, 2.05) is 13.8 Å². The van der Waals surface area contributed by atoms with Crippen LogP contribution < -0.4 is 0 Å². The average molecular weight is 343 g/mol. The Morgan fingerprint density at radius 2 is 2.04 bits per heavy atom. The van der Waals surface area contributed by atoms with Crippen molar-refractivity contribution < 1.29 is 24.2 Å². The zero-order chi connectivity index (χ0) is 17.8. The molecule has 2 atom stereocenters. The molecule has 1 rings (SSSR count). The summed E-state index contributed by atoms with van der Waals surface area (Å²) in [5, 5.41) is 9.82. The predicted molar refractivity (Wildman–Crippen MR) is 91.7 cm³/mol. The Labute approximate surface area is 145 Å². The fourth-order valence-electron chi connectivity index (χ4n) is 3.00. The molecule has 1 aliphatic heterocycles. The number of carbonyl (C=O) groups excluding carboxylic acids is 2. The number of aliphatic hydroxyl groups is 1. The van der Waals surface area contributed by atoms with Crippen LogP contribution in [-0.4, -0.2) is 54.0 Å². The second-order valence-electron chi connectivity index (χ2n) is 6.41. The molecule has 1 saturated heterocycles. The van der Waals surface area contributed by atoms with E-state index in [2.05, 4.69) is 0 Å². The summed E-state index contributed by atoms with van der Waals surface area (Å²) in [7, 11) is 0. The standard InChI is InChI=1S/C18H33NO5/c1-3-9-16(20)12-13-19-15(14-24-18(19)22)10-7-5-6-8-11-17(21)23-4-2/h15-16,20H,3-14H2,1-2H3. The van der Waals surface area contributed by atoms with E-state index >= 15 is 0 Å². The largest absolute Gasteiger partial charge is 0.466 e. The normalized spacial score (nSPS) is 18.5. The Morgan fingerprint density at radius 1 is 1.29 bits per heavy atom. The van der Waals surface area contributed by atoms with E-state index < -0.39 is 0 Å². The van der Waals surface area contributed by atoms with E-state index in [9.17, 15) is 14.7 Å². The van der Waals surface area contributed by atoms with Crippen molar-refractivity contribution in [3.63, 3.8) is 0 Å². The van der Waals surface area contributed by atoms with Crippen molar-refractivity contribution in [1.82, 2.24) is 4.90 Å². The van der Waals surface area contributed by atoms with Crippen LogP contribution in [0.5, 0.6) is 0 Å². The van der Waals surface area contributed by atoms with Crippen LogP contribution in [0.2, 0.25) is 0 Å². The van der Waals surface area contributed by atoms with Gasteiger partial charge >= 0.3 is 12.1 Å². The summed E-state index contributed by atoms with van der Waals surface area (Å²) in [6, 6.07) is 0.122. The molecule has 0 bridgehead atoms. The number of amides is 1. The molecule has 0 aromatic heterocycles. The molecular weight excluding hydrogens is 310 g/mol. The zero-order valence-electron chi connectivity index (χ0n) is 15.2. The van der Waals surface area contributed by atoms with E-state index in [0.29, 0.717) is 32.6 Å². The first-order valence-electron chi connectivity index (χ1n) is 9.35. The highest BCUT2D eigenvalue weighted by atomic mass is 16.6. The number of rotatable bonds is 13. The lowest BCUT2D eigenvalue weighted by Crippen LogP contribution is -2.35. The summed E-state index contributed by atoms with van der Waals surface area (Å²) in [5.74, 6) is -0.121. The SMILES string of the molecule is CCCC(O)CCN1C(=O)OCC1CCCCCCC(=O)OCC. The van der Waals surface area contributed by atoms with Crippen molar-refractivity contribution in [2.75, 3.05) is 19.8 Å². The van der Waals surface area contributed by atoms with Gasteiger partial charge in [-0.05, 0) is 32.6 Å². The van der Waals surface area contributed by atoms with Gasteiger partial charge in [0.2, 0.25) is 0 Å². The number of aliphatic hydroxyl groups excluding tert-OH is 1. The third-order valence-electron chi connectivity index (χ3n) is 4.37. The molecule has 0 radical (unpaired) electrons. The first-order chi connectivity index (χ1) is 11.6. The Morgan fingerprint density at radius 3 is 2.75 bits per heavy atom. The van der Waals surface area contributed by atoms with E-state index in [-0.39, 0.29) is 24.2 Å². The molecule has 0 aromatic rings. The van der Waals surface area contributed by atoms with E-state index in [1.165, 1.54) is 0 Å². The van der Waals surface area contributed by atoms with Crippen LogP contribution in [0.25, 0.3) is 0 Å². The molecule has 0 aromatic carbocycles. The molecule has 2 unspecified atom stereocenters. The van der Waals surface area contributed by atoms with Gasteiger partial charge in [-0.15, -0.1) is 0 Å². The second-order valence-corrected chi connectivity index (χ2v) is 6.41. The maximum Gasteiger partial charge on any atom is 0.410 e. The van der Waals surface area contributed by atoms with Crippen LogP contribution in [0, 0.1) is 0 Å². The Hall–Kier alpha value is -1.30. The number of ether oxygens (including phenoxy) is 2. The number of carbonyl (C=O) groups is 2. The minimum atomic E-state index is -0.341. The minimum absolute atomic E-state index is 0.121. The summed E-state index contributed by atoms with van der Waals surface area (Å²) in [6.45, 7) is 5.31. The van der Waals surface area contributed by atoms with E-state index in [4.69, 9.17) is 9.47 Å².